The maximum absolute atomic E-state index is 11.5. The summed E-state index contributed by atoms with van der Waals surface area (Å²) >= 11 is 0. The number of benzene rings is 1. The van der Waals surface area contributed by atoms with Gasteiger partial charge in [0.2, 0.25) is 0 Å². The van der Waals surface area contributed by atoms with E-state index in [1.807, 2.05) is 0 Å². The summed E-state index contributed by atoms with van der Waals surface area (Å²) in [6, 6.07) is 4.50. The Morgan fingerprint density at radius 2 is 2.00 bits per heavy atom. The molecule has 0 amide bonds. The molecule has 1 aromatic carbocycles. The molecule has 1 atom stereocenters. The van der Waals surface area contributed by atoms with Gasteiger partial charge in [-0.1, -0.05) is 6.07 Å². The van der Waals surface area contributed by atoms with Gasteiger partial charge in [0, 0.05) is 17.9 Å². The van der Waals surface area contributed by atoms with Gasteiger partial charge in [-0.2, -0.15) is 0 Å². The first-order chi connectivity index (χ1) is 6.88. The topological polar surface area (TPSA) is 69.4 Å². The van der Waals surface area contributed by atoms with Gasteiger partial charge in [0.05, 0.1) is 12.0 Å². The van der Waals surface area contributed by atoms with Crippen LogP contribution in [0.5, 0.6) is 5.75 Å². The smallest absolute Gasteiger partial charge is 0.175 e. The summed E-state index contributed by atoms with van der Waals surface area (Å²) in [5.41, 5.74) is 6.27. The lowest BCUT2D eigenvalue weighted by atomic mass is 10.1. The first kappa shape index (κ1) is 12.0. The molecule has 1 unspecified atom stereocenters. The Labute approximate surface area is 90.0 Å². The Hall–Kier alpha value is -1.07. The molecule has 15 heavy (non-hydrogen) atoms. The summed E-state index contributed by atoms with van der Waals surface area (Å²) in [6.45, 7) is 1.73. The lowest BCUT2D eigenvalue weighted by Gasteiger charge is -2.15. The second kappa shape index (κ2) is 4.20. The van der Waals surface area contributed by atoms with Crippen molar-refractivity contribution in [2.75, 3.05) is 13.4 Å². The monoisotopic (exact) mass is 229 g/mol. The normalized spacial score (nSPS) is 13.6. The number of ether oxygens (including phenoxy) is 1. The molecule has 0 aliphatic rings. The van der Waals surface area contributed by atoms with E-state index in [2.05, 4.69) is 0 Å². The van der Waals surface area contributed by atoms with E-state index in [1.165, 1.54) is 13.2 Å². The van der Waals surface area contributed by atoms with Gasteiger partial charge in [-0.15, -0.1) is 0 Å². The molecule has 0 heterocycles. The van der Waals surface area contributed by atoms with Crippen molar-refractivity contribution < 1.29 is 13.2 Å². The molecule has 0 saturated heterocycles. The maximum atomic E-state index is 11.5. The Kier molecular flexibility index (Phi) is 3.36. The molecular weight excluding hydrogens is 214 g/mol. The highest BCUT2D eigenvalue weighted by Crippen LogP contribution is 2.30. The van der Waals surface area contributed by atoms with Gasteiger partial charge in [0.15, 0.2) is 9.84 Å². The number of sulfone groups is 1. The fourth-order valence-electron chi connectivity index (χ4n) is 1.47. The molecule has 5 heteroatoms. The number of hydrogen-bond acceptors (Lipinski definition) is 4. The molecule has 0 bridgehead atoms. The molecular formula is C10H15NO3S. The van der Waals surface area contributed by atoms with Gasteiger partial charge in [-0.05, 0) is 19.1 Å². The Balaban J connectivity index is 3.53. The summed E-state index contributed by atoms with van der Waals surface area (Å²) < 4.78 is 28.1. The van der Waals surface area contributed by atoms with Gasteiger partial charge >= 0.3 is 0 Å². The molecule has 0 radical (unpaired) electrons. The van der Waals surface area contributed by atoms with Gasteiger partial charge in [0.1, 0.15) is 5.75 Å². The van der Waals surface area contributed by atoms with E-state index in [-0.39, 0.29) is 10.9 Å². The van der Waals surface area contributed by atoms with Crippen LogP contribution in [0.1, 0.15) is 18.5 Å². The van der Waals surface area contributed by atoms with Crippen LogP contribution in [0.4, 0.5) is 0 Å². The second-order valence-corrected chi connectivity index (χ2v) is 5.42. The molecule has 0 aromatic heterocycles. The Morgan fingerprint density at radius 3 is 2.40 bits per heavy atom. The van der Waals surface area contributed by atoms with E-state index in [0.717, 1.165) is 6.26 Å². The third-order valence-electron chi connectivity index (χ3n) is 2.10. The second-order valence-electron chi connectivity index (χ2n) is 3.43. The lowest BCUT2D eigenvalue weighted by molar-refractivity contribution is 0.404. The molecule has 0 aliphatic heterocycles. The SMILES string of the molecule is COc1cccc(S(C)(=O)=O)c1C(C)N. The zero-order chi connectivity index (χ0) is 11.6. The summed E-state index contributed by atoms with van der Waals surface area (Å²) in [5, 5.41) is 0. The van der Waals surface area contributed by atoms with E-state index < -0.39 is 9.84 Å². The fraction of sp³-hybridized carbons (Fsp3) is 0.400. The standard InChI is InChI=1S/C10H15NO3S/c1-7(11)10-8(14-2)5-4-6-9(10)15(3,12)13/h4-7H,11H2,1-3H3. The van der Waals surface area contributed by atoms with Crippen LogP contribution in [-0.2, 0) is 9.84 Å². The minimum absolute atomic E-state index is 0.233. The van der Waals surface area contributed by atoms with Crippen molar-refractivity contribution in [3.05, 3.63) is 23.8 Å². The summed E-state index contributed by atoms with van der Waals surface area (Å²) in [4.78, 5) is 0.233. The van der Waals surface area contributed by atoms with Crippen molar-refractivity contribution in [2.24, 2.45) is 5.73 Å². The molecule has 1 aromatic rings. The molecule has 0 saturated carbocycles. The van der Waals surface area contributed by atoms with Gasteiger partial charge in [0.25, 0.3) is 0 Å². The van der Waals surface area contributed by atoms with Gasteiger partial charge < -0.3 is 10.5 Å². The molecule has 1 rings (SSSR count). The third kappa shape index (κ3) is 2.49. The van der Waals surface area contributed by atoms with Crippen LogP contribution in [0, 0.1) is 0 Å². The van der Waals surface area contributed by atoms with E-state index in [9.17, 15) is 8.42 Å². The zero-order valence-corrected chi connectivity index (χ0v) is 9.84. The van der Waals surface area contributed by atoms with E-state index in [1.54, 1.807) is 19.1 Å². The molecule has 2 N–H and O–H groups in total. The van der Waals surface area contributed by atoms with Crippen molar-refractivity contribution in [2.45, 2.75) is 17.9 Å². The third-order valence-corrected chi connectivity index (χ3v) is 3.26. The minimum atomic E-state index is -3.27. The summed E-state index contributed by atoms with van der Waals surface area (Å²) in [5.74, 6) is 0.507. The highest BCUT2D eigenvalue weighted by atomic mass is 32.2. The van der Waals surface area contributed by atoms with Crippen LogP contribution >= 0.6 is 0 Å². The minimum Gasteiger partial charge on any atom is -0.496 e. The molecule has 0 spiro atoms. The van der Waals surface area contributed by atoms with E-state index >= 15 is 0 Å². The Morgan fingerprint density at radius 1 is 1.40 bits per heavy atom. The van der Waals surface area contributed by atoms with Crippen LogP contribution in [0.25, 0.3) is 0 Å². The van der Waals surface area contributed by atoms with Crippen LogP contribution in [-0.4, -0.2) is 21.8 Å². The highest BCUT2D eigenvalue weighted by molar-refractivity contribution is 7.90. The van der Waals surface area contributed by atoms with Gasteiger partial charge in [-0.25, -0.2) is 8.42 Å². The van der Waals surface area contributed by atoms with Crippen LogP contribution in [0.15, 0.2) is 23.1 Å². The average molecular weight is 229 g/mol. The largest absolute Gasteiger partial charge is 0.496 e. The Bertz CT molecular complexity index is 452. The summed E-state index contributed by atoms with van der Waals surface area (Å²) in [7, 11) is -1.78. The number of hydrogen-bond donors (Lipinski definition) is 1. The first-order valence-corrected chi connectivity index (χ1v) is 6.39. The van der Waals surface area contributed by atoms with Crippen molar-refractivity contribution in [1.82, 2.24) is 0 Å². The maximum Gasteiger partial charge on any atom is 0.175 e. The molecule has 0 fully saturated rings. The van der Waals surface area contributed by atoms with Crippen LogP contribution in [0.3, 0.4) is 0 Å². The number of nitrogens with two attached hydrogens (primary N) is 1. The van der Waals surface area contributed by atoms with Crippen LogP contribution < -0.4 is 10.5 Å². The van der Waals surface area contributed by atoms with E-state index in [0.29, 0.717) is 11.3 Å². The van der Waals surface area contributed by atoms with Crippen molar-refractivity contribution in [1.29, 1.82) is 0 Å². The highest BCUT2D eigenvalue weighted by Gasteiger charge is 2.19. The zero-order valence-electron chi connectivity index (χ0n) is 9.02. The van der Waals surface area contributed by atoms with E-state index in [4.69, 9.17) is 10.5 Å². The quantitative estimate of drug-likeness (QED) is 0.843. The fourth-order valence-corrected chi connectivity index (χ4v) is 2.49. The average Bonchev–Trinajstić information content (AvgIpc) is 2.15. The summed E-state index contributed by atoms with van der Waals surface area (Å²) in [6.07, 6.45) is 1.16. The van der Waals surface area contributed by atoms with Crippen LogP contribution in [0.2, 0.25) is 0 Å². The number of rotatable bonds is 3. The predicted molar refractivity (Wildman–Crippen MR) is 58.7 cm³/mol. The van der Waals surface area contributed by atoms with Crippen molar-refractivity contribution >= 4 is 9.84 Å². The number of methoxy groups -OCH3 is 1. The van der Waals surface area contributed by atoms with Crippen molar-refractivity contribution in [3.8, 4) is 5.75 Å². The predicted octanol–water partition coefficient (Wildman–Crippen LogP) is 1.12. The molecule has 84 valence electrons. The van der Waals surface area contributed by atoms with Gasteiger partial charge in [-0.3, -0.25) is 0 Å². The molecule has 0 aliphatic carbocycles. The lowest BCUT2D eigenvalue weighted by Crippen LogP contribution is -2.12. The molecule has 4 nitrogen and oxygen atoms in total. The first-order valence-electron chi connectivity index (χ1n) is 4.50. The van der Waals surface area contributed by atoms with Crippen molar-refractivity contribution in [3.63, 3.8) is 0 Å².